The van der Waals surface area contributed by atoms with Crippen molar-refractivity contribution in [2.45, 2.75) is 68.6 Å². The Labute approximate surface area is 285 Å². The van der Waals surface area contributed by atoms with Gasteiger partial charge < -0.3 is 30.0 Å². The van der Waals surface area contributed by atoms with Gasteiger partial charge in [-0.2, -0.15) is 5.06 Å². The summed E-state index contributed by atoms with van der Waals surface area (Å²) in [5.41, 5.74) is 3.04. The molecule has 12 heteroatoms. The van der Waals surface area contributed by atoms with Crippen LogP contribution in [0.4, 0.5) is 0 Å². The minimum atomic E-state index is -1.30. The van der Waals surface area contributed by atoms with E-state index in [0.29, 0.717) is 24.0 Å². The Balaban J connectivity index is 1.11. The largest absolute Gasteiger partial charge is 0.458 e. The molecule has 0 aromatic heterocycles. The Kier molecular flexibility index (Phi) is 7.85. The number of aliphatic hydroxyl groups is 1. The number of nitrogens with zero attached hydrogens (tertiary/aromatic N) is 1. The molecule has 3 aromatic carbocycles. The molecule has 3 heterocycles. The number of carbonyl (C=O) groups is 3. The molecule has 3 N–H and O–H groups in total. The van der Waals surface area contributed by atoms with Crippen LogP contribution in [0.2, 0.25) is 0 Å². The first-order valence-electron chi connectivity index (χ1n) is 15.9. The van der Waals surface area contributed by atoms with E-state index in [9.17, 15) is 14.4 Å². The highest BCUT2D eigenvalue weighted by Gasteiger charge is 2.76. The minimum Gasteiger partial charge on any atom is -0.458 e. The first-order valence-corrected chi connectivity index (χ1v) is 16.9. The molecule has 1 saturated carbocycles. The van der Waals surface area contributed by atoms with Crippen molar-refractivity contribution >= 4 is 40.4 Å². The summed E-state index contributed by atoms with van der Waals surface area (Å²) >= 11 is 2.24. The maximum Gasteiger partial charge on any atom is 0.327 e. The van der Waals surface area contributed by atoms with Crippen LogP contribution in [0.5, 0.6) is 0 Å². The Morgan fingerprint density at radius 2 is 1.68 bits per heavy atom. The third kappa shape index (κ3) is 5.25. The fourth-order valence-corrected chi connectivity index (χ4v) is 8.33. The highest BCUT2D eigenvalue weighted by atomic mass is 127. The van der Waals surface area contributed by atoms with E-state index in [1.807, 2.05) is 42.5 Å². The summed E-state index contributed by atoms with van der Waals surface area (Å²) in [6.07, 6.45) is -1.39. The first kappa shape index (κ1) is 30.9. The minimum absolute atomic E-state index is 0.128. The van der Waals surface area contributed by atoms with Crippen LogP contribution in [-0.2, 0) is 54.6 Å². The van der Waals surface area contributed by atoms with Gasteiger partial charge in [-0.25, -0.2) is 0 Å². The number of aliphatic hydroxyl groups excluding tert-OH is 1. The second-order valence-electron chi connectivity index (χ2n) is 12.9. The Hall–Kier alpha value is -3.40. The normalized spacial score (nSPS) is 29.7. The second kappa shape index (κ2) is 11.9. The molecule has 2 amide bonds. The SMILES string of the molecule is O=C(NCCO)c1cccc(CNC(=O)C23CC4OC(=O)C2N(Cc2ccc(I)cc2)OC3C2OC3(Cc5ccccc5C3)OC42)c1. The number of amides is 2. The van der Waals surface area contributed by atoms with Crippen molar-refractivity contribution in [3.05, 3.63) is 104 Å². The second-order valence-corrected chi connectivity index (χ2v) is 14.2. The number of carbonyl (C=O) groups excluding carboxylic acids is 3. The lowest BCUT2D eigenvalue weighted by molar-refractivity contribution is -0.217. The number of nitrogens with one attached hydrogen (secondary N) is 2. The lowest BCUT2D eigenvalue weighted by atomic mass is 9.62. The monoisotopic (exact) mass is 751 g/mol. The molecule has 6 atom stereocenters. The summed E-state index contributed by atoms with van der Waals surface area (Å²) < 4.78 is 20.6. The standard InChI is InChI=1S/C35H34IN3O8/c36-25-10-8-20(9-11-25)19-39-29-32(42)44-26-17-35(29,33(43)38-18-21-4-3-7-22(14-21)31(41)37-12-13-40)30(47-39)28-27(26)45-34(46-28)15-23-5-1-2-6-24(23)16-34/h1-11,14,26-30,40H,12-13,15-19H2,(H,37,41)(H,38,43). The van der Waals surface area contributed by atoms with Gasteiger partial charge in [0.05, 0.1) is 13.2 Å². The topological polar surface area (TPSA) is 136 Å². The third-order valence-electron chi connectivity index (χ3n) is 10.0. The molecule has 3 saturated heterocycles. The van der Waals surface area contributed by atoms with E-state index in [1.165, 1.54) is 0 Å². The average molecular weight is 752 g/mol. The molecular weight excluding hydrogens is 717 g/mol. The number of ether oxygens (including phenoxy) is 3. The van der Waals surface area contributed by atoms with Crippen molar-refractivity contribution in [2.24, 2.45) is 5.41 Å². The van der Waals surface area contributed by atoms with Gasteiger partial charge in [0.1, 0.15) is 29.8 Å². The van der Waals surface area contributed by atoms with Gasteiger partial charge in [-0.1, -0.05) is 48.5 Å². The molecule has 0 radical (unpaired) electrons. The lowest BCUT2D eigenvalue weighted by Crippen LogP contribution is -2.69. The summed E-state index contributed by atoms with van der Waals surface area (Å²) in [4.78, 5) is 47.6. The van der Waals surface area contributed by atoms with Crippen molar-refractivity contribution in [1.29, 1.82) is 0 Å². The third-order valence-corrected chi connectivity index (χ3v) is 10.7. The molecular formula is C35H34IN3O8. The number of benzene rings is 3. The molecule has 1 spiro atoms. The van der Waals surface area contributed by atoms with Gasteiger partial charge >= 0.3 is 5.97 Å². The Morgan fingerprint density at radius 3 is 2.43 bits per heavy atom. The predicted molar refractivity (Wildman–Crippen MR) is 174 cm³/mol. The fourth-order valence-electron chi connectivity index (χ4n) is 7.97. The van der Waals surface area contributed by atoms with Gasteiger partial charge in [-0.15, -0.1) is 0 Å². The van der Waals surface area contributed by atoms with Gasteiger partial charge in [0.25, 0.3) is 5.91 Å². The van der Waals surface area contributed by atoms with Crippen molar-refractivity contribution in [2.75, 3.05) is 13.2 Å². The van der Waals surface area contributed by atoms with Crippen molar-refractivity contribution in [3.63, 3.8) is 0 Å². The number of fused-ring (bicyclic) bond motifs is 5. The van der Waals surface area contributed by atoms with E-state index in [0.717, 1.165) is 20.3 Å². The molecule has 244 valence electrons. The summed E-state index contributed by atoms with van der Waals surface area (Å²) in [6, 6.07) is 22.0. The van der Waals surface area contributed by atoms with Crippen LogP contribution in [0, 0.1) is 8.99 Å². The zero-order valence-corrected chi connectivity index (χ0v) is 27.6. The zero-order valence-electron chi connectivity index (χ0n) is 25.4. The van der Waals surface area contributed by atoms with E-state index >= 15 is 0 Å². The smallest absolute Gasteiger partial charge is 0.327 e. The highest BCUT2D eigenvalue weighted by molar-refractivity contribution is 14.1. The highest BCUT2D eigenvalue weighted by Crippen LogP contribution is 2.58. The molecule has 3 aliphatic heterocycles. The molecule has 47 heavy (non-hydrogen) atoms. The van der Waals surface area contributed by atoms with Gasteiger partial charge in [-0.3, -0.25) is 19.2 Å². The zero-order chi connectivity index (χ0) is 32.3. The Morgan fingerprint density at radius 1 is 0.936 bits per heavy atom. The van der Waals surface area contributed by atoms with E-state index < -0.39 is 47.6 Å². The van der Waals surface area contributed by atoms with Crippen LogP contribution in [0.25, 0.3) is 0 Å². The quantitative estimate of drug-likeness (QED) is 0.235. The van der Waals surface area contributed by atoms with Crippen molar-refractivity contribution in [3.8, 4) is 0 Å². The van der Waals surface area contributed by atoms with E-state index in [2.05, 4.69) is 45.4 Å². The molecule has 2 aliphatic carbocycles. The molecule has 3 aromatic rings. The first-order chi connectivity index (χ1) is 22.8. The number of halogens is 1. The van der Waals surface area contributed by atoms with Crippen molar-refractivity contribution in [1.82, 2.24) is 15.7 Å². The van der Waals surface area contributed by atoms with Crippen LogP contribution in [0.15, 0.2) is 72.8 Å². The van der Waals surface area contributed by atoms with Crippen LogP contribution in [-0.4, -0.2) is 77.3 Å². The molecule has 4 fully saturated rings. The van der Waals surface area contributed by atoms with Crippen molar-refractivity contribution < 1.29 is 38.5 Å². The summed E-state index contributed by atoms with van der Waals surface area (Å²) in [6.45, 7) is 0.375. The number of hydroxylamine groups is 2. The maximum absolute atomic E-state index is 14.6. The average Bonchev–Trinajstić information content (AvgIpc) is 3.75. The van der Waals surface area contributed by atoms with Crippen LogP contribution >= 0.6 is 22.6 Å². The van der Waals surface area contributed by atoms with Gasteiger partial charge in [-0.05, 0) is 69.1 Å². The van der Waals surface area contributed by atoms with E-state index in [1.54, 1.807) is 23.3 Å². The Bertz CT molecular complexity index is 1710. The lowest BCUT2D eigenvalue weighted by Gasteiger charge is -2.48. The predicted octanol–water partition coefficient (Wildman–Crippen LogP) is 2.41. The molecule has 8 rings (SSSR count). The summed E-state index contributed by atoms with van der Waals surface area (Å²) in [7, 11) is 0. The van der Waals surface area contributed by atoms with Crippen LogP contribution in [0.1, 0.15) is 39.0 Å². The summed E-state index contributed by atoms with van der Waals surface area (Å²) in [5.74, 6) is -2.11. The van der Waals surface area contributed by atoms with Gasteiger partial charge in [0, 0.05) is 41.5 Å². The van der Waals surface area contributed by atoms with Gasteiger partial charge in [0.2, 0.25) is 5.91 Å². The number of hydrogen-bond donors (Lipinski definition) is 3. The van der Waals surface area contributed by atoms with E-state index in [4.69, 9.17) is 24.2 Å². The van der Waals surface area contributed by atoms with E-state index in [-0.39, 0.29) is 44.5 Å². The number of esters is 1. The molecule has 5 aliphatic rings. The number of hydrogen-bond acceptors (Lipinski definition) is 9. The summed E-state index contributed by atoms with van der Waals surface area (Å²) in [5, 5.41) is 16.4. The van der Waals surface area contributed by atoms with Gasteiger partial charge in [0.15, 0.2) is 11.8 Å². The number of rotatable bonds is 8. The molecule has 6 unspecified atom stereocenters. The maximum atomic E-state index is 14.6. The van der Waals surface area contributed by atoms with Crippen LogP contribution in [0.3, 0.4) is 0 Å². The molecule has 2 bridgehead atoms. The fraction of sp³-hybridized carbons (Fsp3) is 0.400. The van der Waals surface area contributed by atoms with Crippen LogP contribution < -0.4 is 10.6 Å². The molecule has 11 nitrogen and oxygen atoms in total.